The third-order valence-electron chi connectivity index (χ3n) is 6.17. The minimum atomic E-state index is -0.217. The van der Waals surface area contributed by atoms with E-state index in [4.69, 9.17) is 0 Å². The molecule has 150 valence electrons. The molecule has 1 aromatic carbocycles. The van der Waals surface area contributed by atoms with Gasteiger partial charge in [-0.25, -0.2) is 4.39 Å². The molecule has 0 aliphatic carbocycles. The summed E-state index contributed by atoms with van der Waals surface area (Å²) in [5, 5.41) is 3.07. The molecule has 1 amide bonds. The fourth-order valence-electron chi connectivity index (χ4n) is 4.49. The van der Waals surface area contributed by atoms with E-state index in [1.54, 1.807) is 6.07 Å². The van der Waals surface area contributed by atoms with Gasteiger partial charge < -0.3 is 10.2 Å². The maximum atomic E-state index is 13.2. The molecule has 1 N–H and O–H groups in total. The molecule has 5 heteroatoms. The summed E-state index contributed by atoms with van der Waals surface area (Å²) in [7, 11) is 0. The Morgan fingerprint density at radius 2 is 2.00 bits per heavy atom. The van der Waals surface area contributed by atoms with Crippen LogP contribution in [0, 0.1) is 11.7 Å². The zero-order valence-corrected chi connectivity index (χ0v) is 16.8. The highest BCUT2D eigenvalue weighted by Crippen LogP contribution is 2.24. The summed E-state index contributed by atoms with van der Waals surface area (Å²) in [5.74, 6) is 0.0374. The van der Waals surface area contributed by atoms with Gasteiger partial charge in [-0.05, 0) is 83.3 Å². The molecule has 2 fully saturated rings. The number of hydrogen-bond donors (Lipinski definition) is 1. The monoisotopic (exact) mass is 375 g/mol. The number of nitrogens with one attached hydrogen (secondary N) is 1. The number of hydrogen-bond acceptors (Lipinski definition) is 3. The number of amides is 1. The summed E-state index contributed by atoms with van der Waals surface area (Å²) in [6.07, 6.45) is 5.19. The van der Waals surface area contributed by atoms with Crippen molar-refractivity contribution in [3.8, 4) is 0 Å². The van der Waals surface area contributed by atoms with E-state index in [1.165, 1.54) is 38.1 Å². The molecule has 4 nitrogen and oxygen atoms in total. The van der Waals surface area contributed by atoms with Gasteiger partial charge in [0, 0.05) is 25.2 Å². The van der Waals surface area contributed by atoms with Crippen molar-refractivity contribution in [3.05, 3.63) is 35.6 Å². The lowest BCUT2D eigenvalue weighted by Crippen LogP contribution is -2.51. The number of halogens is 1. The fraction of sp³-hybridized carbons (Fsp3) is 0.682. The Kier molecular flexibility index (Phi) is 7.25. The zero-order valence-electron chi connectivity index (χ0n) is 16.8. The van der Waals surface area contributed by atoms with Crippen molar-refractivity contribution < 1.29 is 9.18 Å². The molecule has 1 aromatic rings. The third kappa shape index (κ3) is 5.76. The number of carbonyl (C=O) groups is 1. The zero-order chi connectivity index (χ0) is 19.2. The molecule has 27 heavy (non-hydrogen) atoms. The van der Waals surface area contributed by atoms with Crippen LogP contribution < -0.4 is 5.32 Å². The predicted octanol–water partition coefficient (Wildman–Crippen LogP) is 3.07. The fourth-order valence-corrected chi connectivity index (χ4v) is 4.49. The van der Waals surface area contributed by atoms with Gasteiger partial charge in [-0.15, -0.1) is 0 Å². The molecule has 2 aliphatic rings. The Labute approximate surface area is 163 Å². The smallest absolute Gasteiger partial charge is 0.224 e. The molecule has 2 saturated heterocycles. The van der Waals surface area contributed by atoms with E-state index in [0.29, 0.717) is 25.0 Å². The topological polar surface area (TPSA) is 35.6 Å². The Balaban J connectivity index is 1.43. The summed E-state index contributed by atoms with van der Waals surface area (Å²) in [4.78, 5) is 17.7. The van der Waals surface area contributed by atoms with Gasteiger partial charge in [0.15, 0.2) is 0 Å². The van der Waals surface area contributed by atoms with Gasteiger partial charge >= 0.3 is 0 Å². The number of carbonyl (C=O) groups excluding carboxylic acids is 1. The predicted molar refractivity (Wildman–Crippen MR) is 107 cm³/mol. The molecule has 0 saturated carbocycles. The van der Waals surface area contributed by atoms with Crippen LogP contribution in [-0.2, 0) is 11.2 Å². The van der Waals surface area contributed by atoms with Gasteiger partial charge in [-0.2, -0.15) is 0 Å². The highest BCUT2D eigenvalue weighted by Gasteiger charge is 2.31. The maximum absolute atomic E-state index is 13.2. The number of likely N-dealkylation sites (tertiary alicyclic amines) is 2. The number of rotatable bonds is 6. The summed E-state index contributed by atoms with van der Waals surface area (Å²) >= 11 is 0. The first kappa shape index (κ1) is 20.3. The Hall–Kier alpha value is -1.46. The lowest BCUT2D eigenvalue weighted by Gasteiger charge is -2.43. The van der Waals surface area contributed by atoms with E-state index in [2.05, 4.69) is 29.0 Å². The highest BCUT2D eigenvalue weighted by atomic mass is 19.1. The van der Waals surface area contributed by atoms with Gasteiger partial charge in [0.25, 0.3) is 0 Å². The molecule has 0 radical (unpaired) electrons. The molecular weight excluding hydrogens is 341 g/mol. The lowest BCUT2D eigenvalue weighted by atomic mass is 9.93. The third-order valence-corrected chi connectivity index (χ3v) is 6.17. The van der Waals surface area contributed by atoms with E-state index >= 15 is 0 Å². The first-order valence-electron chi connectivity index (χ1n) is 10.5. The first-order chi connectivity index (χ1) is 13.0. The van der Waals surface area contributed by atoms with E-state index in [-0.39, 0.29) is 17.6 Å². The Morgan fingerprint density at radius 1 is 1.22 bits per heavy atom. The molecule has 0 unspecified atom stereocenters. The van der Waals surface area contributed by atoms with Crippen LogP contribution in [0.3, 0.4) is 0 Å². The average molecular weight is 376 g/mol. The standard InChI is InChI=1S/C22H34FN3O/c1-17(2)25-13-9-21(10-14-25)26-12-4-6-19(16-26)22(27)24-11-8-18-5-3-7-20(23)15-18/h3,5,7,15,17,19,21H,4,6,8-14,16H2,1-2H3,(H,24,27)/t19-/m0/s1. The summed E-state index contributed by atoms with van der Waals surface area (Å²) in [5.41, 5.74) is 0.928. The van der Waals surface area contributed by atoms with Crippen molar-refractivity contribution in [2.75, 3.05) is 32.7 Å². The number of benzene rings is 1. The summed E-state index contributed by atoms with van der Waals surface area (Å²) in [6.45, 7) is 9.46. The molecular formula is C22H34FN3O. The molecule has 1 atom stereocenters. The van der Waals surface area contributed by atoms with Crippen LogP contribution in [0.25, 0.3) is 0 Å². The normalized spacial score (nSPS) is 22.9. The Morgan fingerprint density at radius 3 is 2.70 bits per heavy atom. The van der Waals surface area contributed by atoms with Crippen LogP contribution in [0.4, 0.5) is 4.39 Å². The second-order valence-electron chi connectivity index (χ2n) is 8.37. The van der Waals surface area contributed by atoms with E-state index in [9.17, 15) is 9.18 Å². The SMILES string of the molecule is CC(C)N1CCC(N2CCC[C@H](C(=O)NCCc3cccc(F)c3)C2)CC1. The number of nitrogens with zero attached hydrogens (tertiary/aromatic N) is 2. The van der Waals surface area contributed by atoms with Gasteiger partial charge in [-0.3, -0.25) is 9.69 Å². The van der Waals surface area contributed by atoms with E-state index in [1.807, 2.05) is 6.07 Å². The van der Waals surface area contributed by atoms with Gasteiger partial charge in [0.1, 0.15) is 5.82 Å². The van der Waals surface area contributed by atoms with Crippen LogP contribution in [0.2, 0.25) is 0 Å². The summed E-state index contributed by atoms with van der Waals surface area (Å²) in [6, 6.07) is 7.87. The second kappa shape index (κ2) is 9.65. The second-order valence-corrected chi connectivity index (χ2v) is 8.37. The van der Waals surface area contributed by atoms with E-state index in [0.717, 1.165) is 31.5 Å². The van der Waals surface area contributed by atoms with Gasteiger partial charge in [-0.1, -0.05) is 12.1 Å². The van der Waals surface area contributed by atoms with Crippen LogP contribution in [0.5, 0.6) is 0 Å². The van der Waals surface area contributed by atoms with Crippen molar-refractivity contribution in [2.24, 2.45) is 5.92 Å². The van der Waals surface area contributed by atoms with Crippen molar-refractivity contribution >= 4 is 5.91 Å². The molecule has 0 bridgehead atoms. The van der Waals surface area contributed by atoms with Crippen molar-refractivity contribution in [1.29, 1.82) is 0 Å². The van der Waals surface area contributed by atoms with Crippen LogP contribution in [-0.4, -0.2) is 60.5 Å². The lowest BCUT2D eigenvalue weighted by molar-refractivity contribution is -0.127. The van der Waals surface area contributed by atoms with Crippen LogP contribution in [0.15, 0.2) is 24.3 Å². The van der Waals surface area contributed by atoms with Crippen molar-refractivity contribution in [1.82, 2.24) is 15.1 Å². The minimum Gasteiger partial charge on any atom is -0.355 e. The maximum Gasteiger partial charge on any atom is 0.224 e. The molecule has 0 spiro atoms. The van der Waals surface area contributed by atoms with Gasteiger partial charge in [0.05, 0.1) is 5.92 Å². The van der Waals surface area contributed by atoms with Gasteiger partial charge in [0.2, 0.25) is 5.91 Å². The van der Waals surface area contributed by atoms with E-state index < -0.39 is 0 Å². The first-order valence-corrected chi connectivity index (χ1v) is 10.5. The molecule has 2 aliphatic heterocycles. The Bertz CT molecular complexity index is 613. The average Bonchev–Trinajstić information content (AvgIpc) is 2.68. The molecule has 2 heterocycles. The van der Waals surface area contributed by atoms with Crippen LogP contribution >= 0.6 is 0 Å². The highest BCUT2D eigenvalue weighted by molar-refractivity contribution is 5.79. The molecule has 3 rings (SSSR count). The van der Waals surface area contributed by atoms with Crippen molar-refractivity contribution in [3.63, 3.8) is 0 Å². The largest absolute Gasteiger partial charge is 0.355 e. The number of piperidine rings is 2. The van der Waals surface area contributed by atoms with Crippen molar-refractivity contribution in [2.45, 2.75) is 58.0 Å². The quantitative estimate of drug-likeness (QED) is 0.830. The minimum absolute atomic E-state index is 0.0920. The molecule has 0 aromatic heterocycles. The summed E-state index contributed by atoms with van der Waals surface area (Å²) < 4.78 is 13.2. The van der Waals surface area contributed by atoms with Crippen LogP contribution in [0.1, 0.15) is 45.1 Å².